The summed E-state index contributed by atoms with van der Waals surface area (Å²) in [6.07, 6.45) is 1.30. The fourth-order valence-corrected chi connectivity index (χ4v) is 3.78. The summed E-state index contributed by atoms with van der Waals surface area (Å²) in [5.74, 6) is 0.334. The minimum Gasteiger partial charge on any atom is -0.253 e. The van der Waals surface area contributed by atoms with Gasteiger partial charge in [-0.25, -0.2) is 8.42 Å². The quantitative estimate of drug-likeness (QED) is 0.733. The van der Waals surface area contributed by atoms with Crippen molar-refractivity contribution in [2.24, 2.45) is 5.92 Å². The average molecular weight is 378 g/mol. The third-order valence-electron chi connectivity index (χ3n) is 3.65. The molecule has 0 saturated carbocycles. The van der Waals surface area contributed by atoms with E-state index in [1.165, 1.54) is 18.2 Å². The van der Waals surface area contributed by atoms with Crippen LogP contribution in [0.15, 0.2) is 34.1 Å². The van der Waals surface area contributed by atoms with Crippen molar-refractivity contribution in [1.82, 2.24) is 9.78 Å². The van der Waals surface area contributed by atoms with Crippen LogP contribution in [0.3, 0.4) is 0 Å². The maximum absolute atomic E-state index is 12.7. The summed E-state index contributed by atoms with van der Waals surface area (Å²) in [5.41, 5.74) is 1.97. The van der Waals surface area contributed by atoms with Crippen molar-refractivity contribution in [3.63, 3.8) is 0 Å². The van der Waals surface area contributed by atoms with Crippen molar-refractivity contribution in [2.75, 3.05) is 0 Å². The van der Waals surface area contributed by atoms with Crippen molar-refractivity contribution in [3.05, 3.63) is 51.1 Å². The second-order valence-electron chi connectivity index (χ2n) is 6.30. The van der Waals surface area contributed by atoms with Crippen LogP contribution in [0.4, 0.5) is 0 Å². The van der Waals surface area contributed by atoms with Crippen LogP contribution in [0.25, 0.3) is 6.08 Å². The second kappa shape index (κ2) is 7.42. The number of rotatable bonds is 5. The van der Waals surface area contributed by atoms with Crippen molar-refractivity contribution in [2.45, 2.75) is 39.1 Å². The SMILES string of the molecule is Cc1ccc(S(=O)(=O)/C(C#N)=C/c2c(C)nn(CC(C)C)c2Cl)cc1. The van der Waals surface area contributed by atoms with Gasteiger partial charge in [0.05, 0.1) is 10.6 Å². The van der Waals surface area contributed by atoms with Gasteiger partial charge in [0.25, 0.3) is 0 Å². The highest BCUT2D eigenvalue weighted by atomic mass is 35.5. The molecular weight excluding hydrogens is 358 g/mol. The lowest BCUT2D eigenvalue weighted by Crippen LogP contribution is -2.06. The minimum atomic E-state index is -3.91. The molecule has 7 heteroatoms. The Hall–Kier alpha value is -2.10. The van der Waals surface area contributed by atoms with Gasteiger partial charge in [0.15, 0.2) is 0 Å². The van der Waals surface area contributed by atoms with E-state index in [9.17, 15) is 13.7 Å². The second-order valence-corrected chi connectivity index (χ2v) is 8.58. The Morgan fingerprint density at radius 3 is 2.44 bits per heavy atom. The molecule has 1 aromatic heterocycles. The number of nitriles is 1. The zero-order valence-corrected chi connectivity index (χ0v) is 16.2. The average Bonchev–Trinajstić information content (AvgIpc) is 2.78. The highest BCUT2D eigenvalue weighted by Crippen LogP contribution is 2.27. The molecule has 25 heavy (non-hydrogen) atoms. The molecule has 0 bridgehead atoms. The summed E-state index contributed by atoms with van der Waals surface area (Å²) < 4.78 is 27.1. The van der Waals surface area contributed by atoms with Gasteiger partial charge in [-0.15, -0.1) is 0 Å². The Morgan fingerprint density at radius 2 is 1.92 bits per heavy atom. The third kappa shape index (κ3) is 4.12. The van der Waals surface area contributed by atoms with E-state index in [0.717, 1.165) is 5.56 Å². The maximum atomic E-state index is 12.7. The molecule has 1 aromatic carbocycles. The predicted molar refractivity (Wildman–Crippen MR) is 98.8 cm³/mol. The zero-order valence-electron chi connectivity index (χ0n) is 14.6. The Bertz CT molecular complexity index is 949. The van der Waals surface area contributed by atoms with Crippen LogP contribution < -0.4 is 0 Å². The molecule has 0 spiro atoms. The topological polar surface area (TPSA) is 75.8 Å². The molecule has 5 nitrogen and oxygen atoms in total. The van der Waals surface area contributed by atoms with E-state index in [-0.39, 0.29) is 9.80 Å². The molecule has 132 valence electrons. The number of sulfone groups is 1. The van der Waals surface area contributed by atoms with E-state index in [4.69, 9.17) is 11.6 Å². The summed E-state index contributed by atoms with van der Waals surface area (Å²) in [5, 5.41) is 14.1. The lowest BCUT2D eigenvalue weighted by Gasteiger charge is -2.06. The zero-order chi connectivity index (χ0) is 18.8. The molecule has 2 rings (SSSR count). The predicted octanol–water partition coefficient (Wildman–Crippen LogP) is 4.15. The number of benzene rings is 1. The van der Waals surface area contributed by atoms with Crippen LogP contribution in [0.5, 0.6) is 0 Å². The number of hydrogen-bond donors (Lipinski definition) is 0. The van der Waals surface area contributed by atoms with Gasteiger partial charge in [0, 0.05) is 12.1 Å². The van der Waals surface area contributed by atoms with E-state index >= 15 is 0 Å². The standard InChI is InChI=1S/C18H20ClN3O2S/c1-12(2)11-22-18(19)17(14(4)21-22)9-16(10-20)25(23,24)15-7-5-13(3)6-8-15/h5-9,12H,11H2,1-4H3/b16-9+. The van der Waals surface area contributed by atoms with Crippen molar-refractivity contribution in [1.29, 1.82) is 5.26 Å². The smallest absolute Gasteiger partial charge is 0.216 e. The Kier molecular flexibility index (Phi) is 5.71. The number of halogens is 1. The van der Waals surface area contributed by atoms with Crippen molar-refractivity contribution in [3.8, 4) is 6.07 Å². The van der Waals surface area contributed by atoms with E-state index < -0.39 is 9.84 Å². The fourth-order valence-electron chi connectivity index (χ4n) is 2.34. The van der Waals surface area contributed by atoms with Gasteiger partial charge in [-0.05, 0) is 38.0 Å². The van der Waals surface area contributed by atoms with Gasteiger partial charge in [0.2, 0.25) is 9.84 Å². The molecule has 0 N–H and O–H groups in total. The van der Waals surface area contributed by atoms with Crippen LogP contribution in [-0.2, 0) is 16.4 Å². The van der Waals surface area contributed by atoms with Crippen LogP contribution in [0, 0.1) is 31.1 Å². The van der Waals surface area contributed by atoms with E-state index in [2.05, 4.69) is 5.10 Å². The normalized spacial score (nSPS) is 12.4. The maximum Gasteiger partial charge on any atom is 0.216 e. The molecule has 0 aliphatic heterocycles. The molecule has 0 fully saturated rings. The molecule has 0 unspecified atom stereocenters. The number of nitrogens with zero attached hydrogens (tertiary/aromatic N) is 3. The van der Waals surface area contributed by atoms with Gasteiger partial charge in [0.1, 0.15) is 16.1 Å². The van der Waals surface area contributed by atoms with Crippen LogP contribution >= 0.6 is 11.6 Å². The van der Waals surface area contributed by atoms with E-state index in [1.807, 2.05) is 20.8 Å². The van der Waals surface area contributed by atoms with Crippen molar-refractivity contribution >= 4 is 27.5 Å². The molecule has 0 amide bonds. The molecule has 1 heterocycles. The number of aromatic nitrogens is 2. The monoisotopic (exact) mass is 377 g/mol. The first-order valence-corrected chi connectivity index (χ1v) is 9.69. The third-order valence-corrected chi connectivity index (χ3v) is 5.73. The summed E-state index contributed by atoms with van der Waals surface area (Å²) in [6.45, 7) is 8.28. The lowest BCUT2D eigenvalue weighted by atomic mass is 10.2. The van der Waals surface area contributed by atoms with Gasteiger partial charge >= 0.3 is 0 Å². The van der Waals surface area contributed by atoms with E-state index in [0.29, 0.717) is 28.9 Å². The van der Waals surface area contributed by atoms with Gasteiger partial charge in [-0.3, -0.25) is 4.68 Å². The number of hydrogen-bond acceptors (Lipinski definition) is 4. The number of allylic oxidation sites excluding steroid dienone is 1. The largest absolute Gasteiger partial charge is 0.253 e. The Labute approximate surface area is 153 Å². The Morgan fingerprint density at radius 1 is 1.32 bits per heavy atom. The summed E-state index contributed by atoms with van der Waals surface area (Å²) in [4.78, 5) is -0.278. The highest BCUT2D eigenvalue weighted by Gasteiger charge is 2.23. The molecular formula is C18H20ClN3O2S. The first kappa shape index (κ1) is 19.2. The molecule has 0 saturated heterocycles. The van der Waals surface area contributed by atoms with Crippen LogP contribution in [-0.4, -0.2) is 18.2 Å². The molecule has 0 radical (unpaired) electrons. The lowest BCUT2D eigenvalue weighted by molar-refractivity contribution is 0.482. The van der Waals surface area contributed by atoms with Gasteiger partial charge in [-0.2, -0.15) is 10.4 Å². The molecule has 0 aliphatic rings. The molecule has 0 aliphatic carbocycles. The highest BCUT2D eigenvalue weighted by molar-refractivity contribution is 7.95. The van der Waals surface area contributed by atoms with Crippen LogP contribution in [0.2, 0.25) is 5.15 Å². The van der Waals surface area contributed by atoms with Crippen LogP contribution in [0.1, 0.15) is 30.7 Å². The first-order valence-electron chi connectivity index (χ1n) is 7.83. The minimum absolute atomic E-state index is 0.0780. The molecule has 0 atom stereocenters. The summed E-state index contributed by atoms with van der Waals surface area (Å²) >= 11 is 6.34. The van der Waals surface area contributed by atoms with Gasteiger partial charge in [-0.1, -0.05) is 43.1 Å². The van der Waals surface area contributed by atoms with Crippen molar-refractivity contribution < 1.29 is 8.42 Å². The fraction of sp³-hybridized carbons (Fsp3) is 0.333. The van der Waals surface area contributed by atoms with E-state index in [1.54, 1.807) is 29.8 Å². The summed E-state index contributed by atoms with van der Waals surface area (Å²) in [7, 11) is -3.91. The van der Waals surface area contributed by atoms with Gasteiger partial charge < -0.3 is 0 Å². The molecule has 2 aromatic rings. The number of aryl methyl sites for hydroxylation is 2. The summed E-state index contributed by atoms with van der Waals surface area (Å²) in [6, 6.07) is 8.16. The first-order chi connectivity index (χ1) is 11.7. The Balaban J connectivity index is 2.53.